The highest BCUT2D eigenvalue weighted by Gasteiger charge is 2.13. The van der Waals surface area contributed by atoms with Crippen LogP contribution in [0.2, 0.25) is 5.15 Å². The number of aryl methyl sites for hydroxylation is 1. The van der Waals surface area contributed by atoms with Gasteiger partial charge in [-0.3, -0.25) is 4.79 Å². The molecule has 0 saturated carbocycles. The summed E-state index contributed by atoms with van der Waals surface area (Å²) in [7, 11) is 1.30. The quantitative estimate of drug-likeness (QED) is 0.646. The Labute approximate surface area is 140 Å². The largest absolute Gasteiger partial charge is 0.465 e. The van der Waals surface area contributed by atoms with Gasteiger partial charge in [-0.25, -0.2) is 9.78 Å². The Morgan fingerprint density at radius 2 is 2.00 bits per heavy atom. The standard InChI is InChI=1S/C15H12BrClN2O3/c1-8-3-4-9(15(21)22-2)6-12(8)19-14(20)10-5-11(16)13(17)18-7-10/h3-7H,1-2H3,(H,19,20). The van der Waals surface area contributed by atoms with Gasteiger partial charge in [0.1, 0.15) is 5.15 Å². The number of methoxy groups -OCH3 is 1. The van der Waals surface area contributed by atoms with Crippen LogP contribution >= 0.6 is 27.5 Å². The van der Waals surface area contributed by atoms with E-state index in [0.29, 0.717) is 21.3 Å². The van der Waals surface area contributed by atoms with Crippen molar-refractivity contribution in [2.75, 3.05) is 12.4 Å². The van der Waals surface area contributed by atoms with Crippen LogP contribution in [0.15, 0.2) is 34.9 Å². The Kier molecular flexibility index (Phi) is 5.15. The minimum Gasteiger partial charge on any atom is -0.465 e. The number of halogens is 2. The van der Waals surface area contributed by atoms with Crippen molar-refractivity contribution in [1.29, 1.82) is 0 Å². The first-order chi connectivity index (χ1) is 10.4. The number of benzene rings is 1. The van der Waals surface area contributed by atoms with Crippen molar-refractivity contribution < 1.29 is 14.3 Å². The van der Waals surface area contributed by atoms with Crippen molar-refractivity contribution in [3.8, 4) is 0 Å². The molecule has 0 aliphatic heterocycles. The van der Waals surface area contributed by atoms with Crippen LogP contribution in [-0.2, 0) is 4.74 Å². The summed E-state index contributed by atoms with van der Waals surface area (Å²) in [5.74, 6) is -0.818. The summed E-state index contributed by atoms with van der Waals surface area (Å²) in [6, 6.07) is 6.51. The van der Waals surface area contributed by atoms with E-state index in [0.717, 1.165) is 5.56 Å². The molecule has 7 heteroatoms. The summed E-state index contributed by atoms with van der Waals surface area (Å²) in [5, 5.41) is 3.02. The van der Waals surface area contributed by atoms with Gasteiger partial charge in [-0.15, -0.1) is 0 Å². The van der Waals surface area contributed by atoms with Gasteiger partial charge in [-0.1, -0.05) is 17.7 Å². The minimum atomic E-state index is -0.466. The summed E-state index contributed by atoms with van der Waals surface area (Å²) >= 11 is 9.02. The third kappa shape index (κ3) is 3.64. The number of esters is 1. The fourth-order valence-corrected chi connectivity index (χ4v) is 2.19. The highest BCUT2D eigenvalue weighted by atomic mass is 79.9. The van der Waals surface area contributed by atoms with E-state index in [4.69, 9.17) is 11.6 Å². The Morgan fingerprint density at radius 1 is 1.27 bits per heavy atom. The molecule has 1 N–H and O–H groups in total. The zero-order valence-corrected chi connectivity index (χ0v) is 14.2. The normalized spacial score (nSPS) is 10.2. The number of ether oxygens (including phenoxy) is 1. The summed E-state index contributed by atoms with van der Waals surface area (Å²) in [5.41, 5.74) is 2.05. The molecule has 0 atom stereocenters. The Bertz CT molecular complexity index is 750. The van der Waals surface area contributed by atoms with Gasteiger partial charge in [0.2, 0.25) is 0 Å². The molecule has 0 fully saturated rings. The lowest BCUT2D eigenvalue weighted by atomic mass is 10.1. The lowest BCUT2D eigenvalue weighted by Gasteiger charge is -2.10. The number of nitrogens with one attached hydrogen (secondary N) is 1. The molecule has 0 bridgehead atoms. The molecule has 5 nitrogen and oxygen atoms in total. The van der Waals surface area contributed by atoms with E-state index in [1.165, 1.54) is 13.3 Å². The second kappa shape index (κ2) is 6.89. The number of hydrogen-bond acceptors (Lipinski definition) is 4. The molecular weight excluding hydrogens is 372 g/mol. The molecule has 1 heterocycles. The van der Waals surface area contributed by atoms with E-state index < -0.39 is 5.97 Å². The van der Waals surface area contributed by atoms with Crippen LogP contribution in [0, 0.1) is 6.92 Å². The van der Waals surface area contributed by atoms with Crippen molar-refractivity contribution in [3.05, 3.63) is 56.8 Å². The molecule has 1 amide bonds. The summed E-state index contributed by atoms with van der Waals surface area (Å²) in [6.07, 6.45) is 1.38. The van der Waals surface area contributed by atoms with Crippen LogP contribution in [0.4, 0.5) is 5.69 Å². The van der Waals surface area contributed by atoms with Gasteiger partial charge in [-0.2, -0.15) is 0 Å². The number of carbonyl (C=O) groups is 2. The third-order valence-corrected chi connectivity index (χ3v) is 4.10. The number of nitrogens with zero attached hydrogens (tertiary/aromatic N) is 1. The van der Waals surface area contributed by atoms with E-state index in [1.54, 1.807) is 24.3 Å². The molecule has 2 rings (SSSR count). The molecule has 22 heavy (non-hydrogen) atoms. The SMILES string of the molecule is COC(=O)c1ccc(C)c(NC(=O)c2cnc(Cl)c(Br)c2)c1. The van der Waals surface area contributed by atoms with E-state index in [9.17, 15) is 9.59 Å². The first kappa shape index (κ1) is 16.5. The molecule has 0 aliphatic rings. The first-order valence-electron chi connectivity index (χ1n) is 6.23. The van der Waals surface area contributed by atoms with Gasteiger partial charge in [0, 0.05) is 11.9 Å². The highest BCUT2D eigenvalue weighted by molar-refractivity contribution is 9.10. The number of pyridine rings is 1. The third-order valence-electron chi connectivity index (χ3n) is 2.97. The van der Waals surface area contributed by atoms with Crippen LogP contribution in [-0.4, -0.2) is 24.0 Å². The number of hydrogen-bond donors (Lipinski definition) is 1. The van der Waals surface area contributed by atoms with E-state index in [-0.39, 0.29) is 11.1 Å². The van der Waals surface area contributed by atoms with Gasteiger partial charge < -0.3 is 10.1 Å². The average molecular weight is 384 g/mol. The van der Waals surface area contributed by atoms with Gasteiger partial charge >= 0.3 is 5.97 Å². The van der Waals surface area contributed by atoms with Crippen LogP contribution in [0.25, 0.3) is 0 Å². The summed E-state index contributed by atoms with van der Waals surface area (Å²) in [6.45, 7) is 1.83. The lowest BCUT2D eigenvalue weighted by Crippen LogP contribution is -2.14. The predicted molar refractivity (Wildman–Crippen MR) is 87.4 cm³/mol. The van der Waals surface area contributed by atoms with Crippen LogP contribution < -0.4 is 5.32 Å². The smallest absolute Gasteiger partial charge is 0.337 e. The average Bonchev–Trinajstić information content (AvgIpc) is 2.51. The Balaban J connectivity index is 2.27. The van der Waals surface area contributed by atoms with Gasteiger partial charge in [-0.05, 0) is 46.6 Å². The van der Waals surface area contributed by atoms with Gasteiger partial charge in [0.25, 0.3) is 5.91 Å². The maximum absolute atomic E-state index is 12.2. The highest BCUT2D eigenvalue weighted by Crippen LogP contribution is 2.22. The van der Waals surface area contributed by atoms with Crippen molar-refractivity contribution in [3.63, 3.8) is 0 Å². The van der Waals surface area contributed by atoms with Crippen molar-refractivity contribution in [1.82, 2.24) is 4.98 Å². The lowest BCUT2D eigenvalue weighted by molar-refractivity contribution is 0.0600. The zero-order valence-electron chi connectivity index (χ0n) is 11.8. The fourth-order valence-electron chi connectivity index (χ4n) is 1.74. The van der Waals surface area contributed by atoms with Crippen molar-refractivity contribution in [2.24, 2.45) is 0 Å². The molecule has 1 aromatic carbocycles. The number of rotatable bonds is 3. The van der Waals surface area contributed by atoms with Gasteiger partial charge in [0.05, 0.1) is 22.7 Å². The summed E-state index contributed by atoms with van der Waals surface area (Å²) < 4.78 is 5.20. The maximum atomic E-state index is 12.2. The number of amides is 1. The number of aromatic nitrogens is 1. The minimum absolute atomic E-state index is 0.278. The molecule has 0 saturated heterocycles. The second-order valence-corrected chi connectivity index (χ2v) is 5.68. The second-order valence-electron chi connectivity index (χ2n) is 4.47. The van der Waals surface area contributed by atoms with E-state index in [2.05, 4.69) is 31.0 Å². The van der Waals surface area contributed by atoms with E-state index in [1.807, 2.05) is 6.92 Å². The number of anilines is 1. The molecule has 0 spiro atoms. The topological polar surface area (TPSA) is 68.3 Å². The van der Waals surface area contributed by atoms with Crippen LogP contribution in [0.5, 0.6) is 0 Å². The monoisotopic (exact) mass is 382 g/mol. The zero-order chi connectivity index (χ0) is 16.3. The van der Waals surface area contributed by atoms with E-state index >= 15 is 0 Å². The predicted octanol–water partition coefficient (Wildman–Crippen LogP) is 3.84. The fraction of sp³-hybridized carbons (Fsp3) is 0.133. The molecule has 1 aromatic heterocycles. The summed E-state index contributed by atoms with van der Waals surface area (Å²) in [4.78, 5) is 27.7. The van der Waals surface area contributed by atoms with Gasteiger partial charge in [0.15, 0.2) is 0 Å². The van der Waals surface area contributed by atoms with Crippen molar-refractivity contribution >= 4 is 45.1 Å². The molecular formula is C15H12BrClN2O3. The molecule has 2 aromatic rings. The molecule has 0 radical (unpaired) electrons. The Hall–Kier alpha value is -1.92. The van der Waals surface area contributed by atoms with Crippen LogP contribution in [0.3, 0.4) is 0 Å². The van der Waals surface area contributed by atoms with Crippen LogP contribution in [0.1, 0.15) is 26.3 Å². The maximum Gasteiger partial charge on any atom is 0.337 e. The first-order valence-corrected chi connectivity index (χ1v) is 7.41. The molecule has 0 unspecified atom stereocenters. The molecule has 114 valence electrons. The molecule has 0 aliphatic carbocycles. The Morgan fingerprint density at radius 3 is 2.64 bits per heavy atom. The van der Waals surface area contributed by atoms with Crippen molar-refractivity contribution in [2.45, 2.75) is 6.92 Å². The number of carbonyl (C=O) groups excluding carboxylic acids is 2.